The number of nitrogens with zero attached hydrogens (tertiary/aromatic N) is 5. The molecule has 5 nitrogen and oxygen atoms in total. The van der Waals surface area contributed by atoms with Crippen molar-refractivity contribution in [2.24, 2.45) is 0 Å². The fourth-order valence-electron chi connectivity index (χ4n) is 4.20. The summed E-state index contributed by atoms with van der Waals surface area (Å²) < 4.78 is 2.05. The summed E-state index contributed by atoms with van der Waals surface area (Å²) in [6, 6.07) is 22.6. The van der Waals surface area contributed by atoms with E-state index < -0.39 is 0 Å². The summed E-state index contributed by atoms with van der Waals surface area (Å²) in [5, 5.41) is 5.26. The SMILES string of the molecule is [C-]#[N+]c1nc2c3c4ccccc4ccc3c3cc4ccccc4n3c2nc1[N+]#[C-]. The highest BCUT2D eigenvalue weighted by Crippen LogP contribution is 2.38. The number of para-hydroxylation sites is 1. The van der Waals surface area contributed by atoms with Crippen molar-refractivity contribution in [1.82, 2.24) is 14.4 Å². The standard InChI is InChI=1S/C24H11N5/c1-25-22-23(26-2)28-24-21(27-22)20-16-9-5-3-7-14(16)11-12-17(20)19-13-15-8-4-6-10-18(15)29(19)24/h3-13H. The van der Waals surface area contributed by atoms with E-state index in [-0.39, 0.29) is 11.6 Å². The maximum Gasteiger partial charge on any atom is 0.295 e. The van der Waals surface area contributed by atoms with Gasteiger partial charge in [-0.05, 0) is 22.9 Å². The highest BCUT2D eigenvalue weighted by atomic mass is 15.1. The molecule has 0 aliphatic carbocycles. The molecule has 3 aromatic heterocycles. The van der Waals surface area contributed by atoms with E-state index in [0.717, 1.165) is 38.0 Å². The van der Waals surface area contributed by atoms with Gasteiger partial charge in [0, 0.05) is 16.2 Å². The van der Waals surface area contributed by atoms with Crippen LogP contribution >= 0.6 is 0 Å². The molecule has 0 unspecified atom stereocenters. The molecule has 0 saturated heterocycles. The van der Waals surface area contributed by atoms with Crippen molar-refractivity contribution in [1.29, 1.82) is 0 Å². The van der Waals surface area contributed by atoms with Crippen molar-refractivity contribution in [3.63, 3.8) is 0 Å². The molecule has 3 aromatic carbocycles. The molecular weight excluding hydrogens is 358 g/mol. The van der Waals surface area contributed by atoms with Crippen LogP contribution in [0.25, 0.3) is 58.8 Å². The van der Waals surface area contributed by atoms with Crippen LogP contribution in [0.3, 0.4) is 0 Å². The van der Waals surface area contributed by atoms with Crippen molar-refractivity contribution in [2.75, 3.05) is 0 Å². The third-order valence-electron chi connectivity index (χ3n) is 5.42. The molecule has 0 N–H and O–H groups in total. The van der Waals surface area contributed by atoms with Gasteiger partial charge in [-0.25, -0.2) is 0 Å². The fourth-order valence-corrected chi connectivity index (χ4v) is 4.20. The maximum absolute atomic E-state index is 7.47. The van der Waals surface area contributed by atoms with E-state index in [0.29, 0.717) is 11.2 Å². The van der Waals surface area contributed by atoms with Crippen LogP contribution in [0.2, 0.25) is 0 Å². The number of hydrogen-bond acceptors (Lipinski definition) is 2. The first kappa shape index (κ1) is 15.6. The molecule has 0 atom stereocenters. The van der Waals surface area contributed by atoms with Gasteiger partial charge >= 0.3 is 0 Å². The van der Waals surface area contributed by atoms with Gasteiger partial charge in [-0.3, -0.25) is 4.40 Å². The summed E-state index contributed by atoms with van der Waals surface area (Å²) in [4.78, 5) is 16.1. The molecule has 6 aromatic rings. The molecule has 0 fully saturated rings. The van der Waals surface area contributed by atoms with Gasteiger partial charge in [0.05, 0.1) is 11.0 Å². The molecule has 6 rings (SSSR count). The Labute approximate surface area is 165 Å². The number of rotatable bonds is 0. The van der Waals surface area contributed by atoms with Gasteiger partial charge in [-0.15, -0.1) is 9.97 Å². The molecule has 0 radical (unpaired) electrons. The van der Waals surface area contributed by atoms with E-state index in [4.69, 9.17) is 13.1 Å². The normalized spacial score (nSPS) is 11.4. The first-order chi connectivity index (χ1) is 14.3. The number of benzene rings is 3. The van der Waals surface area contributed by atoms with Crippen molar-refractivity contribution in [3.05, 3.63) is 89.6 Å². The topological polar surface area (TPSA) is 38.9 Å². The number of fused-ring (bicyclic) bond motifs is 10. The lowest BCUT2D eigenvalue weighted by molar-refractivity contribution is 1.23. The van der Waals surface area contributed by atoms with Crippen LogP contribution in [0.5, 0.6) is 0 Å². The second kappa shape index (κ2) is 5.51. The summed E-state index contributed by atoms with van der Waals surface area (Å²) in [6.07, 6.45) is 0. The summed E-state index contributed by atoms with van der Waals surface area (Å²) in [5.74, 6) is 0.0729. The Morgan fingerprint density at radius 2 is 1.41 bits per heavy atom. The van der Waals surface area contributed by atoms with E-state index in [1.165, 1.54) is 0 Å². The number of pyridine rings is 1. The van der Waals surface area contributed by atoms with E-state index in [9.17, 15) is 0 Å². The van der Waals surface area contributed by atoms with Crippen LogP contribution in [0.4, 0.5) is 11.6 Å². The molecule has 0 bridgehead atoms. The van der Waals surface area contributed by atoms with Gasteiger partial charge in [0.1, 0.15) is 0 Å². The molecule has 29 heavy (non-hydrogen) atoms. The van der Waals surface area contributed by atoms with Crippen LogP contribution in [0.1, 0.15) is 0 Å². The zero-order valence-electron chi connectivity index (χ0n) is 15.1. The average molecular weight is 369 g/mol. The largest absolute Gasteiger partial charge is 0.370 e. The van der Waals surface area contributed by atoms with Crippen LogP contribution < -0.4 is 0 Å². The Kier molecular flexibility index (Phi) is 2.96. The van der Waals surface area contributed by atoms with Gasteiger partial charge < -0.3 is 9.69 Å². The molecule has 0 aliphatic rings. The highest BCUT2D eigenvalue weighted by Gasteiger charge is 2.22. The molecule has 5 heteroatoms. The smallest absolute Gasteiger partial charge is 0.295 e. The predicted molar refractivity (Wildman–Crippen MR) is 116 cm³/mol. The number of aromatic nitrogens is 3. The third-order valence-corrected chi connectivity index (χ3v) is 5.42. The first-order valence-electron chi connectivity index (χ1n) is 9.10. The van der Waals surface area contributed by atoms with Crippen LogP contribution in [0, 0.1) is 13.1 Å². The van der Waals surface area contributed by atoms with Crippen molar-refractivity contribution < 1.29 is 0 Å². The zero-order chi connectivity index (χ0) is 19.5. The average Bonchev–Trinajstić information content (AvgIpc) is 3.17. The van der Waals surface area contributed by atoms with Gasteiger partial charge in [-0.2, -0.15) is 0 Å². The first-order valence-corrected chi connectivity index (χ1v) is 9.10. The highest BCUT2D eigenvalue weighted by molar-refractivity contribution is 6.23. The Morgan fingerprint density at radius 3 is 2.24 bits per heavy atom. The van der Waals surface area contributed by atoms with Gasteiger partial charge in [-0.1, -0.05) is 67.7 Å². The minimum atomic E-state index is 0.0335. The Hall–Kier alpha value is -4.48. The van der Waals surface area contributed by atoms with Crippen LogP contribution in [-0.2, 0) is 0 Å². The minimum Gasteiger partial charge on any atom is -0.370 e. The van der Waals surface area contributed by atoms with Gasteiger partial charge in [0.2, 0.25) is 5.52 Å². The lowest BCUT2D eigenvalue weighted by Gasteiger charge is -2.08. The van der Waals surface area contributed by atoms with Crippen molar-refractivity contribution in [2.45, 2.75) is 0 Å². The summed E-state index contributed by atoms with van der Waals surface area (Å²) in [6.45, 7) is 14.9. The molecule has 132 valence electrons. The van der Waals surface area contributed by atoms with E-state index in [1.54, 1.807) is 0 Å². The summed E-state index contributed by atoms with van der Waals surface area (Å²) >= 11 is 0. The Morgan fingerprint density at radius 1 is 0.690 bits per heavy atom. The third kappa shape index (κ3) is 1.96. The Bertz CT molecular complexity index is 1730. The van der Waals surface area contributed by atoms with Crippen molar-refractivity contribution >= 4 is 60.8 Å². The fraction of sp³-hybridized carbons (Fsp3) is 0. The van der Waals surface area contributed by atoms with E-state index in [1.807, 2.05) is 30.3 Å². The monoisotopic (exact) mass is 369 g/mol. The number of hydrogen-bond donors (Lipinski definition) is 0. The lowest BCUT2D eigenvalue weighted by atomic mass is 10.0. The molecule has 0 spiro atoms. The quantitative estimate of drug-likeness (QED) is 0.228. The van der Waals surface area contributed by atoms with Crippen molar-refractivity contribution in [3.8, 4) is 0 Å². The molecule has 3 heterocycles. The second-order valence-corrected chi connectivity index (χ2v) is 6.90. The van der Waals surface area contributed by atoms with Gasteiger partial charge in [0.25, 0.3) is 17.3 Å². The van der Waals surface area contributed by atoms with E-state index >= 15 is 0 Å². The molecular formula is C24H11N5. The van der Waals surface area contributed by atoms with E-state index in [2.05, 4.69) is 60.5 Å². The summed E-state index contributed by atoms with van der Waals surface area (Å²) in [7, 11) is 0. The van der Waals surface area contributed by atoms with Crippen LogP contribution in [-0.4, -0.2) is 14.4 Å². The van der Waals surface area contributed by atoms with Gasteiger partial charge in [0.15, 0.2) is 0 Å². The minimum absolute atomic E-state index is 0.0335. The zero-order valence-corrected chi connectivity index (χ0v) is 15.1. The molecule has 0 saturated carbocycles. The molecule has 0 amide bonds. The molecule has 0 aliphatic heterocycles. The second-order valence-electron chi connectivity index (χ2n) is 6.90. The predicted octanol–water partition coefficient (Wildman–Crippen LogP) is 6.44. The summed E-state index contributed by atoms with van der Waals surface area (Å²) in [5.41, 5.74) is 3.26. The maximum atomic E-state index is 7.47. The van der Waals surface area contributed by atoms with Crippen LogP contribution in [0.15, 0.2) is 66.7 Å². The lowest BCUT2D eigenvalue weighted by Crippen LogP contribution is -1.96. The Balaban J connectivity index is 2.04.